The topological polar surface area (TPSA) is 41.6 Å². The van der Waals surface area contributed by atoms with E-state index in [1.807, 2.05) is 36.1 Å². The molecule has 20 heavy (non-hydrogen) atoms. The molecule has 1 heterocycles. The lowest BCUT2D eigenvalue weighted by atomic mass is 10.0. The molecule has 1 aromatic rings. The van der Waals surface area contributed by atoms with Crippen LogP contribution < -0.4 is 15.0 Å². The van der Waals surface area contributed by atoms with Crippen LogP contribution in [0.15, 0.2) is 24.3 Å². The Morgan fingerprint density at radius 1 is 1.40 bits per heavy atom. The minimum Gasteiger partial charge on any atom is -0.492 e. The van der Waals surface area contributed by atoms with Crippen molar-refractivity contribution in [2.45, 2.75) is 45.7 Å². The van der Waals surface area contributed by atoms with E-state index in [0.717, 1.165) is 30.8 Å². The highest BCUT2D eigenvalue weighted by molar-refractivity contribution is 5.99. The molecule has 1 aromatic carbocycles. The maximum Gasteiger partial charge on any atom is 0.244 e. The smallest absolute Gasteiger partial charge is 0.244 e. The van der Waals surface area contributed by atoms with Crippen molar-refractivity contribution in [3.05, 3.63) is 24.3 Å². The zero-order chi connectivity index (χ0) is 14.5. The second-order valence-electron chi connectivity index (χ2n) is 5.41. The van der Waals surface area contributed by atoms with Crippen molar-refractivity contribution in [3.63, 3.8) is 0 Å². The van der Waals surface area contributed by atoms with Gasteiger partial charge in [0.2, 0.25) is 5.91 Å². The van der Waals surface area contributed by atoms with Gasteiger partial charge < -0.3 is 15.0 Å². The molecule has 1 aliphatic rings. The number of rotatable bonds is 5. The molecule has 1 atom stereocenters. The maximum absolute atomic E-state index is 12.6. The number of nitrogens with one attached hydrogen (secondary N) is 1. The summed E-state index contributed by atoms with van der Waals surface area (Å²) in [7, 11) is 0. The van der Waals surface area contributed by atoms with E-state index in [0.29, 0.717) is 12.6 Å². The average Bonchev–Trinajstić information content (AvgIpc) is 2.42. The summed E-state index contributed by atoms with van der Waals surface area (Å²) in [5, 5.41) is 3.35. The average molecular weight is 276 g/mol. The van der Waals surface area contributed by atoms with Gasteiger partial charge in [-0.2, -0.15) is 0 Å². The molecule has 0 radical (unpaired) electrons. The van der Waals surface area contributed by atoms with E-state index in [1.165, 1.54) is 0 Å². The predicted molar refractivity (Wildman–Crippen MR) is 81.3 cm³/mol. The molecule has 4 heteroatoms. The Morgan fingerprint density at radius 2 is 2.15 bits per heavy atom. The van der Waals surface area contributed by atoms with Gasteiger partial charge in [0.15, 0.2) is 0 Å². The molecule has 1 amide bonds. The van der Waals surface area contributed by atoms with Gasteiger partial charge in [-0.05, 0) is 31.9 Å². The van der Waals surface area contributed by atoms with Crippen LogP contribution in [-0.4, -0.2) is 31.1 Å². The number of hydrogen-bond acceptors (Lipinski definition) is 3. The fourth-order valence-corrected chi connectivity index (χ4v) is 2.63. The molecule has 0 aliphatic carbocycles. The molecule has 0 bridgehead atoms. The van der Waals surface area contributed by atoms with Gasteiger partial charge in [-0.15, -0.1) is 0 Å². The number of hydrogen-bond donors (Lipinski definition) is 1. The van der Waals surface area contributed by atoms with Crippen LogP contribution in [0.5, 0.6) is 5.75 Å². The number of carbonyl (C=O) groups excluding carboxylic acids is 1. The molecule has 4 nitrogen and oxygen atoms in total. The van der Waals surface area contributed by atoms with Gasteiger partial charge in [0.25, 0.3) is 0 Å². The highest BCUT2D eigenvalue weighted by Gasteiger charge is 2.31. The predicted octanol–water partition coefficient (Wildman–Crippen LogP) is 2.58. The first-order chi connectivity index (χ1) is 9.63. The molecule has 1 unspecified atom stereocenters. The third kappa shape index (κ3) is 3.31. The van der Waals surface area contributed by atoms with Crippen LogP contribution in [0, 0.1) is 0 Å². The summed E-state index contributed by atoms with van der Waals surface area (Å²) in [6.07, 6.45) is 1.92. The van der Waals surface area contributed by atoms with Gasteiger partial charge >= 0.3 is 0 Å². The van der Waals surface area contributed by atoms with Crippen molar-refractivity contribution in [2.24, 2.45) is 0 Å². The van der Waals surface area contributed by atoms with Crippen molar-refractivity contribution >= 4 is 11.6 Å². The number of ether oxygens (including phenoxy) is 1. The number of anilines is 1. The number of carbonyl (C=O) groups is 1. The van der Waals surface area contributed by atoms with Crippen molar-refractivity contribution in [3.8, 4) is 5.75 Å². The summed E-state index contributed by atoms with van der Waals surface area (Å²) in [6.45, 7) is 7.46. The largest absolute Gasteiger partial charge is 0.492 e. The highest BCUT2D eigenvalue weighted by atomic mass is 16.5. The quantitative estimate of drug-likeness (QED) is 0.898. The van der Waals surface area contributed by atoms with E-state index in [1.54, 1.807) is 0 Å². The molecule has 0 aromatic heterocycles. The van der Waals surface area contributed by atoms with Crippen molar-refractivity contribution < 1.29 is 9.53 Å². The Kier molecular flexibility index (Phi) is 5.01. The van der Waals surface area contributed by atoms with Gasteiger partial charge in [-0.1, -0.05) is 26.0 Å². The lowest BCUT2D eigenvalue weighted by molar-refractivity contribution is -0.122. The van der Waals surface area contributed by atoms with Gasteiger partial charge in [0.1, 0.15) is 5.75 Å². The zero-order valence-corrected chi connectivity index (χ0v) is 12.6. The number of para-hydroxylation sites is 2. The first-order valence-corrected chi connectivity index (χ1v) is 7.42. The second kappa shape index (κ2) is 6.75. The molecular weight excluding hydrogens is 252 g/mol. The third-order valence-electron chi connectivity index (χ3n) is 3.43. The molecule has 1 fully saturated rings. The number of piperidine rings is 1. The van der Waals surface area contributed by atoms with E-state index < -0.39 is 0 Å². The number of benzene rings is 1. The summed E-state index contributed by atoms with van der Waals surface area (Å²) < 4.78 is 5.64. The Hall–Kier alpha value is -1.55. The number of nitrogens with zero attached hydrogens (tertiary/aromatic N) is 1. The van der Waals surface area contributed by atoms with E-state index in [4.69, 9.17) is 4.74 Å². The fraction of sp³-hybridized carbons (Fsp3) is 0.562. The van der Waals surface area contributed by atoms with Crippen LogP contribution >= 0.6 is 0 Å². The van der Waals surface area contributed by atoms with Gasteiger partial charge in [0, 0.05) is 12.6 Å². The van der Waals surface area contributed by atoms with Crippen LogP contribution in [-0.2, 0) is 4.79 Å². The normalized spacial score (nSPS) is 19.5. The Morgan fingerprint density at radius 3 is 2.85 bits per heavy atom. The van der Waals surface area contributed by atoms with Crippen molar-refractivity contribution in [1.82, 2.24) is 5.32 Å². The Labute approximate surface area is 121 Å². The van der Waals surface area contributed by atoms with E-state index in [-0.39, 0.29) is 11.9 Å². The summed E-state index contributed by atoms with van der Waals surface area (Å²) >= 11 is 0. The standard InChI is InChI=1S/C16H24N2O2/c1-4-20-15-10-6-5-9-14(15)18-11-7-8-13(16(18)19)17-12(2)3/h5-6,9-10,12-13,17H,4,7-8,11H2,1-3H3. The minimum atomic E-state index is -0.0848. The molecule has 1 aliphatic heterocycles. The lowest BCUT2D eigenvalue weighted by Crippen LogP contribution is -2.52. The van der Waals surface area contributed by atoms with Crippen LogP contribution in [0.4, 0.5) is 5.69 Å². The fourth-order valence-electron chi connectivity index (χ4n) is 2.63. The first-order valence-electron chi connectivity index (χ1n) is 7.42. The van der Waals surface area contributed by atoms with Gasteiger partial charge in [-0.25, -0.2) is 0 Å². The molecule has 0 spiro atoms. The summed E-state index contributed by atoms with van der Waals surface area (Å²) in [4.78, 5) is 14.5. The summed E-state index contributed by atoms with van der Waals surface area (Å²) in [5.41, 5.74) is 0.884. The molecule has 110 valence electrons. The van der Waals surface area contributed by atoms with E-state index in [2.05, 4.69) is 19.2 Å². The van der Waals surface area contributed by atoms with Crippen LogP contribution in [0.3, 0.4) is 0 Å². The van der Waals surface area contributed by atoms with Crippen LogP contribution in [0.25, 0.3) is 0 Å². The summed E-state index contributed by atoms with van der Waals surface area (Å²) in [6, 6.07) is 7.99. The van der Waals surface area contributed by atoms with Gasteiger partial charge in [0.05, 0.1) is 18.3 Å². The minimum absolute atomic E-state index is 0.0848. The monoisotopic (exact) mass is 276 g/mol. The molecular formula is C16H24N2O2. The zero-order valence-electron chi connectivity index (χ0n) is 12.6. The molecule has 1 N–H and O–H groups in total. The lowest BCUT2D eigenvalue weighted by Gasteiger charge is -2.34. The van der Waals surface area contributed by atoms with Gasteiger partial charge in [-0.3, -0.25) is 4.79 Å². The van der Waals surface area contributed by atoms with E-state index in [9.17, 15) is 4.79 Å². The second-order valence-corrected chi connectivity index (χ2v) is 5.41. The highest BCUT2D eigenvalue weighted by Crippen LogP contribution is 2.30. The summed E-state index contributed by atoms with van der Waals surface area (Å²) in [5.74, 6) is 0.936. The van der Waals surface area contributed by atoms with Crippen LogP contribution in [0.1, 0.15) is 33.6 Å². The van der Waals surface area contributed by atoms with E-state index >= 15 is 0 Å². The van der Waals surface area contributed by atoms with Crippen molar-refractivity contribution in [2.75, 3.05) is 18.1 Å². The Bertz CT molecular complexity index is 460. The third-order valence-corrected chi connectivity index (χ3v) is 3.43. The maximum atomic E-state index is 12.6. The Balaban J connectivity index is 2.21. The molecule has 2 rings (SSSR count). The SMILES string of the molecule is CCOc1ccccc1N1CCCC(NC(C)C)C1=O. The molecule has 0 saturated carbocycles. The number of amides is 1. The van der Waals surface area contributed by atoms with Crippen LogP contribution in [0.2, 0.25) is 0 Å². The molecule has 1 saturated heterocycles. The first kappa shape index (κ1) is 14.9. The van der Waals surface area contributed by atoms with Crippen molar-refractivity contribution in [1.29, 1.82) is 0 Å².